The second-order valence-corrected chi connectivity index (χ2v) is 16.3. The highest BCUT2D eigenvalue weighted by Gasteiger charge is 2.52. The standard InChI is InChI=1S/C49H37BN2O2/c1-47(2)48(3,4)54-50(53-47)37-23-15-26-39-42(37)34-28-29-36-44-43-35(49(36,30-16-7-5-8-17-30)31-18-9-6-10-19-31)22-14-25-40(43)51-38-24-12-11-20-32(38)33-21-13-27-41(45(33)51)52(39)46(34)44/h5-29H,1-4H3. The van der Waals surface area contributed by atoms with Crippen molar-refractivity contribution in [3.05, 3.63) is 174 Å². The Hall–Kier alpha value is -5.88. The van der Waals surface area contributed by atoms with Crippen LogP contribution in [0, 0.1) is 0 Å². The van der Waals surface area contributed by atoms with Crippen LogP contribution in [0.2, 0.25) is 0 Å². The van der Waals surface area contributed by atoms with Gasteiger partial charge in [-0.3, -0.25) is 0 Å². The Morgan fingerprint density at radius 3 is 1.67 bits per heavy atom. The van der Waals surface area contributed by atoms with Crippen molar-refractivity contribution in [1.82, 2.24) is 8.80 Å². The summed E-state index contributed by atoms with van der Waals surface area (Å²) < 4.78 is 18.7. The van der Waals surface area contributed by atoms with Crippen molar-refractivity contribution in [2.24, 2.45) is 0 Å². The Morgan fingerprint density at radius 1 is 0.407 bits per heavy atom. The minimum atomic E-state index is -0.550. The van der Waals surface area contributed by atoms with Gasteiger partial charge in [0.15, 0.2) is 0 Å². The predicted molar refractivity (Wildman–Crippen MR) is 223 cm³/mol. The quantitative estimate of drug-likeness (QED) is 0.172. The third kappa shape index (κ3) is 3.53. The molecule has 0 saturated carbocycles. The number of fused-ring (bicyclic) bond motifs is 8. The van der Waals surface area contributed by atoms with Gasteiger partial charge in [0.25, 0.3) is 0 Å². The van der Waals surface area contributed by atoms with Gasteiger partial charge in [-0.05, 0) is 79.7 Å². The van der Waals surface area contributed by atoms with Crippen LogP contribution in [0.1, 0.15) is 49.9 Å². The molecule has 1 saturated heterocycles. The van der Waals surface area contributed by atoms with Gasteiger partial charge in [0, 0.05) is 32.3 Å². The normalized spacial score (nSPS) is 17.1. The maximum atomic E-state index is 6.80. The zero-order chi connectivity index (χ0) is 36.1. The number of hydrogen-bond acceptors (Lipinski definition) is 2. The molecule has 0 N–H and O–H groups in total. The van der Waals surface area contributed by atoms with Crippen LogP contribution >= 0.6 is 0 Å². The van der Waals surface area contributed by atoms with E-state index in [9.17, 15) is 0 Å². The molecular formula is C49H37BN2O2. The molecule has 4 heterocycles. The molecule has 1 fully saturated rings. The topological polar surface area (TPSA) is 27.3 Å². The molecular weight excluding hydrogens is 659 g/mol. The summed E-state index contributed by atoms with van der Waals surface area (Å²) >= 11 is 0. The van der Waals surface area contributed by atoms with Crippen molar-refractivity contribution in [3.63, 3.8) is 0 Å². The van der Waals surface area contributed by atoms with E-state index in [0.29, 0.717) is 0 Å². The Kier molecular flexibility index (Phi) is 5.78. The fourth-order valence-electron chi connectivity index (χ4n) is 10.2. The van der Waals surface area contributed by atoms with E-state index in [1.54, 1.807) is 0 Å². The molecule has 2 aliphatic rings. The smallest absolute Gasteiger partial charge is 0.399 e. The number of nitrogens with zero attached hydrogens (tertiary/aromatic N) is 2. The summed E-state index contributed by atoms with van der Waals surface area (Å²) in [6.45, 7) is 8.54. The van der Waals surface area contributed by atoms with E-state index >= 15 is 0 Å². The van der Waals surface area contributed by atoms with Crippen molar-refractivity contribution in [1.29, 1.82) is 0 Å². The highest BCUT2D eigenvalue weighted by Crippen LogP contribution is 2.57. The Bertz CT molecular complexity index is 3170. The largest absolute Gasteiger partial charge is 0.495 e. The van der Waals surface area contributed by atoms with Gasteiger partial charge in [-0.15, -0.1) is 0 Å². The highest BCUT2D eigenvalue weighted by molar-refractivity contribution is 6.66. The third-order valence-electron chi connectivity index (χ3n) is 13.2. The lowest BCUT2D eigenvalue weighted by Crippen LogP contribution is -2.41. The molecule has 3 aromatic heterocycles. The number of benzene rings is 7. The van der Waals surface area contributed by atoms with Gasteiger partial charge >= 0.3 is 7.12 Å². The summed E-state index contributed by atoms with van der Waals surface area (Å²) in [5.41, 5.74) is 11.8. The van der Waals surface area contributed by atoms with Crippen LogP contribution in [-0.4, -0.2) is 27.1 Å². The van der Waals surface area contributed by atoms with Crippen LogP contribution in [-0.2, 0) is 14.7 Å². The van der Waals surface area contributed by atoms with Gasteiger partial charge < -0.3 is 18.1 Å². The van der Waals surface area contributed by atoms with Gasteiger partial charge in [0.05, 0.1) is 49.7 Å². The summed E-state index contributed by atoms with van der Waals surface area (Å²) in [6.07, 6.45) is 0. The fraction of sp³-hybridized carbons (Fsp3) is 0.143. The first-order valence-corrected chi connectivity index (χ1v) is 19.1. The lowest BCUT2D eigenvalue weighted by atomic mass is 9.67. The van der Waals surface area contributed by atoms with Crippen LogP contribution in [0.4, 0.5) is 0 Å². The summed E-state index contributed by atoms with van der Waals surface area (Å²) in [5.74, 6) is 0. The van der Waals surface area contributed by atoms with E-state index < -0.39 is 23.7 Å². The number of rotatable bonds is 3. The van der Waals surface area contributed by atoms with Crippen molar-refractivity contribution in [2.75, 3.05) is 0 Å². The average molecular weight is 697 g/mol. The summed E-state index contributed by atoms with van der Waals surface area (Å²) in [6, 6.07) is 56.4. The van der Waals surface area contributed by atoms with E-state index in [2.05, 4.69) is 188 Å². The van der Waals surface area contributed by atoms with E-state index in [1.165, 1.54) is 76.6 Å². The minimum Gasteiger partial charge on any atom is -0.399 e. The van der Waals surface area contributed by atoms with Crippen LogP contribution in [0.15, 0.2) is 152 Å². The molecule has 10 aromatic rings. The van der Waals surface area contributed by atoms with Crippen LogP contribution in [0.5, 0.6) is 0 Å². The van der Waals surface area contributed by atoms with Crippen LogP contribution in [0.25, 0.3) is 65.4 Å². The van der Waals surface area contributed by atoms with Crippen molar-refractivity contribution in [2.45, 2.75) is 44.3 Å². The summed E-state index contributed by atoms with van der Waals surface area (Å²) in [7, 11) is -0.506. The number of para-hydroxylation sites is 2. The Labute approximate surface area is 313 Å². The molecule has 0 amide bonds. The second kappa shape index (κ2) is 10.2. The maximum Gasteiger partial charge on any atom is 0.495 e. The molecule has 5 heteroatoms. The van der Waals surface area contributed by atoms with E-state index in [4.69, 9.17) is 9.31 Å². The lowest BCUT2D eigenvalue weighted by Gasteiger charge is -2.34. The molecule has 12 rings (SSSR count). The molecule has 258 valence electrons. The molecule has 4 nitrogen and oxygen atoms in total. The molecule has 0 spiro atoms. The van der Waals surface area contributed by atoms with Crippen LogP contribution < -0.4 is 5.46 Å². The fourth-order valence-corrected chi connectivity index (χ4v) is 10.2. The van der Waals surface area contributed by atoms with Crippen molar-refractivity contribution < 1.29 is 9.31 Å². The lowest BCUT2D eigenvalue weighted by molar-refractivity contribution is 0.00578. The predicted octanol–water partition coefficient (Wildman–Crippen LogP) is 11.0. The Balaban J connectivity index is 1.40. The van der Waals surface area contributed by atoms with Gasteiger partial charge in [-0.2, -0.15) is 0 Å². The van der Waals surface area contributed by atoms with E-state index in [0.717, 1.165) is 16.5 Å². The minimum absolute atomic E-state index is 0.465. The summed E-state index contributed by atoms with van der Waals surface area (Å²) in [5, 5.41) is 7.43. The molecule has 0 radical (unpaired) electrons. The number of aromatic nitrogens is 2. The SMILES string of the molecule is CC1(C)OB(c2cccc3c2c2ccc4c5c6c(cccc6n6c7ccccc7c7cccc(c76)n3c25)C4(c2ccccc2)c2ccccc2)OC1(C)C. The molecule has 0 atom stereocenters. The summed E-state index contributed by atoms with van der Waals surface area (Å²) in [4.78, 5) is 0. The molecule has 1 aliphatic carbocycles. The maximum absolute atomic E-state index is 6.80. The first-order chi connectivity index (χ1) is 26.3. The zero-order valence-electron chi connectivity index (χ0n) is 30.7. The molecule has 54 heavy (non-hydrogen) atoms. The first-order valence-electron chi connectivity index (χ1n) is 19.1. The van der Waals surface area contributed by atoms with E-state index in [1.807, 2.05) is 0 Å². The van der Waals surface area contributed by atoms with Crippen LogP contribution in [0.3, 0.4) is 0 Å². The molecule has 0 unspecified atom stereocenters. The van der Waals surface area contributed by atoms with Crippen molar-refractivity contribution in [3.8, 4) is 0 Å². The zero-order valence-corrected chi connectivity index (χ0v) is 30.7. The average Bonchev–Trinajstić information content (AvgIpc) is 3.87. The van der Waals surface area contributed by atoms with Crippen molar-refractivity contribution >= 4 is 78.0 Å². The van der Waals surface area contributed by atoms with Gasteiger partial charge in [-0.25, -0.2) is 0 Å². The Morgan fingerprint density at radius 2 is 0.944 bits per heavy atom. The first kappa shape index (κ1) is 30.6. The van der Waals surface area contributed by atoms with E-state index in [-0.39, 0.29) is 0 Å². The molecule has 0 bridgehead atoms. The molecule has 1 aliphatic heterocycles. The molecule has 7 aromatic carbocycles. The van der Waals surface area contributed by atoms with Gasteiger partial charge in [-0.1, -0.05) is 127 Å². The number of hydrogen-bond donors (Lipinski definition) is 0. The monoisotopic (exact) mass is 696 g/mol. The van der Waals surface area contributed by atoms with Gasteiger partial charge in [0.1, 0.15) is 0 Å². The third-order valence-corrected chi connectivity index (χ3v) is 13.2. The second-order valence-electron chi connectivity index (χ2n) is 16.3. The van der Waals surface area contributed by atoms with Gasteiger partial charge in [0.2, 0.25) is 0 Å². The highest BCUT2D eigenvalue weighted by atomic mass is 16.7.